The lowest BCUT2D eigenvalue weighted by Crippen LogP contribution is -2.15. The highest BCUT2D eigenvalue weighted by atomic mass is 32.2. The highest BCUT2D eigenvalue weighted by Gasteiger charge is 2.16. The molecule has 2 heterocycles. The van der Waals surface area contributed by atoms with Gasteiger partial charge in [-0.3, -0.25) is 9.36 Å². The Hall–Kier alpha value is -3.43. The molecule has 0 spiro atoms. The van der Waals surface area contributed by atoms with E-state index >= 15 is 0 Å². The number of rotatable bonds is 10. The zero-order chi connectivity index (χ0) is 23.9. The quantitative estimate of drug-likeness (QED) is 0.233. The monoisotopic (exact) mass is 491 g/mol. The Morgan fingerprint density at radius 3 is 2.65 bits per heavy atom. The van der Waals surface area contributed by atoms with E-state index in [2.05, 4.69) is 27.1 Å². The van der Waals surface area contributed by atoms with Crippen molar-refractivity contribution < 1.29 is 9.53 Å². The fourth-order valence-electron chi connectivity index (χ4n) is 3.23. The average molecular weight is 492 g/mol. The molecule has 34 heavy (non-hydrogen) atoms. The van der Waals surface area contributed by atoms with E-state index in [1.165, 1.54) is 28.7 Å². The average Bonchev–Trinajstić information content (AvgIpc) is 3.40. The van der Waals surface area contributed by atoms with Gasteiger partial charge in [-0.2, -0.15) is 0 Å². The number of aryl methyl sites for hydroxylation is 2. The highest BCUT2D eigenvalue weighted by Crippen LogP contribution is 2.30. The van der Waals surface area contributed by atoms with E-state index in [4.69, 9.17) is 4.74 Å². The summed E-state index contributed by atoms with van der Waals surface area (Å²) >= 11 is 2.78. The number of benzene rings is 2. The number of hydrogen-bond acceptors (Lipinski definition) is 7. The molecule has 1 amide bonds. The molecule has 4 rings (SSSR count). The van der Waals surface area contributed by atoms with Gasteiger partial charge in [-0.25, -0.2) is 4.98 Å². The molecule has 9 heteroatoms. The van der Waals surface area contributed by atoms with Gasteiger partial charge < -0.3 is 10.1 Å². The summed E-state index contributed by atoms with van der Waals surface area (Å²) in [6, 6.07) is 17.8. The van der Waals surface area contributed by atoms with E-state index in [9.17, 15) is 4.79 Å². The third-order valence-electron chi connectivity index (χ3n) is 4.92. The van der Waals surface area contributed by atoms with Gasteiger partial charge in [0.1, 0.15) is 12.4 Å². The van der Waals surface area contributed by atoms with E-state index in [-0.39, 0.29) is 18.3 Å². The zero-order valence-corrected chi connectivity index (χ0v) is 20.7. The molecule has 0 aliphatic heterocycles. The van der Waals surface area contributed by atoms with Gasteiger partial charge in [-0.05, 0) is 26.0 Å². The van der Waals surface area contributed by atoms with Crippen molar-refractivity contribution in [3.8, 4) is 17.0 Å². The number of carbonyl (C=O) groups is 1. The largest absolute Gasteiger partial charge is 0.486 e. The van der Waals surface area contributed by atoms with Gasteiger partial charge in [0, 0.05) is 17.0 Å². The maximum Gasteiger partial charge on any atom is 0.236 e. The van der Waals surface area contributed by atoms with Crippen molar-refractivity contribution in [1.29, 1.82) is 0 Å². The predicted octanol–water partition coefficient (Wildman–Crippen LogP) is 5.51. The van der Waals surface area contributed by atoms with Crippen LogP contribution in [-0.2, 0) is 17.9 Å². The molecule has 0 atom stereocenters. The number of nitrogens with zero attached hydrogens (tertiary/aromatic N) is 4. The second kappa shape index (κ2) is 11.1. The van der Waals surface area contributed by atoms with Gasteiger partial charge in [0.15, 0.2) is 16.1 Å². The standard InChI is InChI=1S/C25H25N5O2S2/c1-4-14-30-21(15-32-20-12-10-17(2)11-13-20)28-29-25(30)33-16-22(31)26-24-27-23(18(3)34-24)19-8-6-5-7-9-19/h4-13H,1,14-16H2,2-3H3,(H,26,27,31). The molecule has 0 aliphatic rings. The van der Waals surface area contributed by atoms with Crippen LogP contribution in [0.4, 0.5) is 5.13 Å². The number of carbonyl (C=O) groups excluding carboxylic acids is 1. The molecular formula is C25H25N5O2S2. The fourth-order valence-corrected chi connectivity index (χ4v) is 4.85. The topological polar surface area (TPSA) is 81.9 Å². The number of aromatic nitrogens is 4. The second-order valence-corrected chi connectivity index (χ2v) is 9.67. The molecule has 0 saturated heterocycles. The van der Waals surface area contributed by atoms with E-state index in [0.29, 0.717) is 22.7 Å². The maximum atomic E-state index is 12.6. The number of ether oxygens (including phenoxy) is 1. The summed E-state index contributed by atoms with van der Waals surface area (Å²) in [5.74, 6) is 1.48. The van der Waals surface area contributed by atoms with Crippen molar-refractivity contribution in [3.63, 3.8) is 0 Å². The van der Waals surface area contributed by atoms with Gasteiger partial charge in [0.2, 0.25) is 5.91 Å². The van der Waals surface area contributed by atoms with Crippen LogP contribution in [0.15, 0.2) is 72.4 Å². The molecule has 0 radical (unpaired) electrons. The molecule has 2 aromatic heterocycles. The number of hydrogen-bond donors (Lipinski definition) is 1. The molecule has 2 aromatic carbocycles. The Balaban J connectivity index is 1.37. The van der Waals surface area contributed by atoms with Crippen molar-refractivity contribution in [2.75, 3.05) is 11.1 Å². The van der Waals surface area contributed by atoms with Crippen LogP contribution < -0.4 is 10.1 Å². The normalized spacial score (nSPS) is 10.8. The maximum absolute atomic E-state index is 12.6. The third-order valence-corrected chi connectivity index (χ3v) is 6.77. The highest BCUT2D eigenvalue weighted by molar-refractivity contribution is 7.99. The fraction of sp³-hybridized carbons (Fsp3) is 0.200. The lowest BCUT2D eigenvalue weighted by Gasteiger charge is -2.09. The van der Waals surface area contributed by atoms with Crippen LogP contribution in [0.3, 0.4) is 0 Å². The lowest BCUT2D eigenvalue weighted by atomic mass is 10.1. The zero-order valence-electron chi connectivity index (χ0n) is 19.0. The Bertz CT molecular complexity index is 1270. The Morgan fingerprint density at radius 1 is 1.15 bits per heavy atom. The van der Waals surface area contributed by atoms with Gasteiger partial charge in [-0.1, -0.05) is 65.9 Å². The lowest BCUT2D eigenvalue weighted by molar-refractivity contribution is -0.113. The molecule has 174 valence electrons. The first-order valence-corrected chi connectivity index (χ1v) is 12.5. The summed E-state index contributed by atoms with van der Waals surface area (Å²) in [6.45, 7) is 8.65. The van der Waals surface area contributed by atoms with Crippen molar-refractivity contribution in [1.82, 2.24) is 19.7 Å². The van der Waals surface area contributed by atoms with E-state index in [0.717, 1.165) is 21.9 Å². The third kappa shape index (κ3) is 5.92. The van der Waals surface area contributed by atoms with Crippen LogP contribution in [0.5, 0.6) is 5.75 Å². The Kier molecular flexibility index (Phi) is 7.76. The van der Waals surface area contributed by atoms with Crippen molar-refractivity contribution in [2.24, 2.45) is 0 Å². The van der Waals surface area contributed by atoms with E-state index < -0.39 is 0 Å². The predicted molar refractivity (Wildman–Crippen MR) is 137 cm³/mol. The molecular weight excluding hydrogens is 466 g/mol. The minimum atomic E-state index is -0.149. The summed E-state index contributed by atoms with van der Waals surface area (Å²) in [4.78, 5) is 18.2. The summed E-state index contributed by atoms with van der Waals surface area (Å²) in [6.07, 6.45) is 1.77. The van der Waals surface area contributed by atoms with Gasteiger partial charge >= 0.3 is 0 Å². The summed E-state index contributed by atoms with van der Waals surface area (Å²) in [7, 11) is 0. The molecule has 0 bridgehead atoms. The minimum Gasteiger partial charge on any atom is -0.486 e. The molecule has 0 saturated carbocycles. The molecule has 0 unspecified atom stereocenters. The summed E-state index contributed by atoms with van der Waals surface area (Å²) in [5.41, 5.74) is 3.09. The van der Waals surface area contributed by atoms with Gasteiger partial charge in [0.25, 0.3) is 0 Å². The summed E-state index contributed by atoms with van der Waals surface area (Å²) in [5, 5.41) is 12.6. The minimum absolute atomic E-state index is 0.149. The molecule has 4 aromatic rings. The molecule has 7 nitrogen and oxygen atoms in total. The Labute approximate surface area is 206 Å². The molecule has 0 fully saturated rings. The van der Waals surface area contributed by atoms with Gasteiger partial charge in [-0.15, -0.1) is 28.1 Å². The molecule has 1 N–H and O–H groups in total. The van der Waals surface area contributed by atoms with Crippen LogP contribution >= 0.6 is 23.1 Å². The van der Waals surface area contributed by atoms with Crippen LogP contribution in [-0.4, -0.2) is 31.4 Å². The number of anilines is 1. The van der Waals surface area contributed by atoms with Crippen LogP contribution in [0.25, 0.3) is 11.3 Å². The first-order chi connectivity index (χ1) is 16.5. The molecule has 0 aliphatic carbocycles. The second-order valence-electron chi connectivity index (χ2n) is 7.53. The number of thioether (sulfide) groups is 1. The smallest absolute Gasteiger partial charge is 0.236 e. The van der Waals surface area contributed by atoms with Crippen molar-refractivity contribution in [2.45, 2.75) is 32.2 Å². The first-order valence-electron chi connectivity index (χ1n) is 10.7. The van der Waals surface area contributed by atoms with Gasteiger partial charge in [0.05, 0.1) is 11.4 Å². The SMILES string of the molecule is C=CCn1c(COc2ccc(C)cc2)nnc1SCC(=O)Nc1nc(-c2ccccc2)c(C)s1. The summed E-state index contributed by atoms with van der Waals surface area (Å²) < 4.78 is 7.75. The number of thiazole rings is 1. The number of allylic oxidation sites excluding steroid dienone is 1. The van der Waals surface area contributed by atoms with Crippen molar-refractivity contribution in [3.05, 3.63) is 83.5 Å². The van der Waals surface area contributed by atoms with Crippen LogP contribution in [0, 0.1) is 13.8 Å². The first kappa shape index (κ1) is 23.7. The van der Waals surface area contributed by atoms with Crippen molar-refractivity contribution >= 4 is 34.1 Å². The number of amides is 1. The number of nitrogens with one attached hydrogen (secondary N) is 1. The Morgan fingerprint density at radius 2 is 1.91 bits per heavy atom. The van der Waals surface area contributed by atoms with E-state index in [1.807, 2.05) is 73.0 Å². The van der Waals surface area contributed by atoms with Crippen LogP contribution in [0.2, 0.25) is 0 Å². The van der Waals surface area contributed by atoms with Crippen LogP contribution in [0.1, 0.15) is 16.3 Å². The van der Waals surface area contributed by atoms with E-state index in [1.54, 1.807) is 6.08 Å².